The number of carbonyl (C=O) groups excluding carboxylic acids is 1. The van der Waals surface area contributed by atoms with Crippen molar-refractivity contribution in [2.75, 3.05) is 19.6 Å². The molecule has 1 aliphatic rings. The molecule has 0 amide bonds. The normalized spacial score (nSPS) is 19.8. The second-order valence-corrected chi connectivity index (χ2v) is 3.98. The van der Waals surface area contributed by atoms with E-state index >= 15 is 0 Å². The van der Waals surface area contributed by atoms with E-state index in [1.165, 1.54) is 25.7 Å². The van der Waals surface area contributed by atoms with Gasteiger partial charge in [0.1, 0.15) is 5.78 Å². The van der Waals surface area contributed by atoms with Crippen LogP contribution in [-0.2, 0) is 4.79 Å². The number of carbonyl (C=O) groups is 1. The highest BCUT2D eigenvalue weighted by Crippen LogP contribution is 2.09. The Morgan fingerprint density at radius 2 is 1.77 bits per heavy atom. The second kappa shape index (κ2) is 6.14. The van der Waals surface area contributed by atoms with Crippen molar-refractivity contribution in [3.63, 3.8) is 0 Å². The van der Waals surface area contributed by atoms with Crippen molar-refractivity contribution in [2.24, 2.45) is 0 Å². The van der Waals surface area contributed by atoms with Gasteiger partial charge in [-0.2, -0.15) is 0 Å². The summed E-state index contributed by atoms with van der Waals surface area (Å²) >= 11 is 0. The molecule has 0 unspecified atom stereocenters. The number of ketones is 1. The average molecular weight is 183 g/mol. The molecule has 0 atom stereocenters. The minimum atomic E-state index is 0.421. The van der Waals surface area contributed by atoms with Gasteiger partial charge in [-0.1, -0.05) is 19.8 Å². The number of likely N-dealkylation sites (tertiary alicyclic amines) is 1. The van der Waals surface area contributed by atoms with Crippen molar-refractivity contribution in [1.29, 1.82) is 0 Å². The SMILES string of the molecule is CCCC(=O)CN1CCCCCC1. The molecule has 13 heavy (non-hydrogen) atoms. The maximum absolute atomic E-state index is 11.4. The highest BCUT2D eigenvalue weighted by atomic mass is 16.1. The standard InChI is InChI=1S/C11H21NO/c1-2-7-11(13)10-12-8-5-3-4-6-9-12/h2-10H2,1H3. The van der Waals surface area contributed by atoms with Crippen LogP contribution in [-0.4, -0.2) is 30.3 Å². The molecule has 0 bridgehead atoms. The zero-order chi connectivity index (χ0) is 9.52. The summed E-state index contributed by atoms with van der Waals surface area (Å²) in [5.41, 5.74) is 0. The van der Waals surface area contributed by atoms with Crippen LogP contribution >= 0.6 is 0 Å². The minimum absolute atomic E-state index is 0.421. The quantitative estimate of drug-likeness (QED) is 0.666. The van der Waals surface area contributed by atoms with E-state index < -0.39 is 0 Å². The molecule has 0 aromatic rings. The number of rotatable bonds is 4. The Morgan fingerprint density at radius 3 is 2.31 bits per heavy atom. The molecule has 1 heterocycles. The molecule has 1 aliphatic heterocycles. The smallest absolute Gasteiger partial charge is 0.146 e. The van der Waals surface area contributed by atoms with Gasteiger partial charge in [-0.05, 0) is 32.4 Å². The molecule has 2 nitrogen and oxygen atoms in total. The van der Waals surface area contributed by atoms with Crippen LogP contribution in [0.15, 0.2) is 0 Å². The Bertz CT molecular complexity index is 148. The predicted molar refractivity (Wildman–Crippen MR) is 54.8 cm³/mol. The van der Waals surface area contributed by atoms with Gasteiger partial charge in [-0.25, -0.2) is 0 Å². The van der Waals surface area contributed by atoms with Crippen molar-refractivity contribution in [3.05, 3.63) is 0 Å². The van der Waals surface area contributed by atoms with Gasteiger partial charge in [0.15, 0.2) is 0 Å². The molecule has 76 valence electrons. The van der Waals surface area contributed by atoms with Crippen LogP contribution in [0.3, 0.4) is 0 Å². The molecular weight excluding hydrogens is 162 g/mol. The van der Waals surface area contributed by atoms with E-state index in [0.717, 1.165) is 25.9 Å². The van der Waals surface area contributed by atoms with Crippen molar-refractivity contribution in [2.45, 2.75) is 45.4 Å². The third kappa shape index (κ3) is 4.41. The average Bonchev–Trinajstić information content (AvgIpc) is 2.33. The van der Waals surface area contributed by atoms with Crippen LogP contribution in [0.1, 0.15) is 45.4 Å². The molecule has 0 radical (unpaired) electrons. The number of Topliss-reactive ketones (excluding diaryl/α,β-unsaturated/α-hetero) is 1. The lowest BCUT2D eigenvalue weighted by atomic mass is 10.2. The van der Waals surface area contributed by atoms with Crippen LogP contribution in [0.2, 0.25) is 0 Å². The molecule has 0 saturated carbocycles. The molecule has 1 rings (SSSR count). The fraction of sp³-hybridized carbons (Fsp3) is 0.909. The summed E-state index contributed by atoms with van der Waals surface area (Å²) < 4.78 is 0. The molecule has 2 heteroatoms. The summed E-state index contributed by atoms with van der Waals surface area (Å²) in [7, 11) is 0. The molecular formula is C11H21NO. The van der Waals surface area contributed by atoms with Gasteiger partial charge in [0.25, 0.3) is 0 Å². The van der Waals surface area contributed by atoms with Crippen LogP contribution in [0.5, 0.6) is 0 Å². The lowest BCUT2D eigenvalue weighted by molar-refractivity contribution is -0.120. The monoisotopic (exact) mass is 183 g/mol. The van der Waals surface area contributed by atoms with E-state index in [1.807, 2.05) is 0 Å². The van der Waals surface area contributed by atoms with Gasteiger partial charge in [0.2, 0.25) is 0 Å². The van der Waals surface area contributed by atoms with Crippen LogP contribution < -0.4 is 0 Å². The first-order valence-corrected chi connectivity index (χ1v) is 5.57. The van der Waals surface area contributed by atoms with E-state index in [0.29, 0.717) is 12.3 Å². The lowest BCUT2D eigenvalue weighted by Gasteiger charge is -2.18. The Kier molecular flexibility index (Phi) is 5.06. The summed E-state index contributed by atoms with van der Waals surface area (Å²) in [6.45, 7) is 5.04. The Balaban J connectivity index is 2.21. The highest BCUT2D eigenvalue weighted by Gasteiger charge is 2.11. The van der Waals surface area contributed by atoms with Gasteiger partial charge in [0.05, 0.1) is 6.54 Å². The summed E-state index contributed by atoms with van der Waals surface area (Å²) in [6, 6.07) is 0. The van der Waals surface area contributed by atoms with Gasteiger partial charge in [0, 0.05) is 6.42 Å². The molecule has 1 fully saturated rings. The highest BCUT2D eigenvalue weighted by molar-refractivity contribution is 5.80. The van der Waals surface area contributed by atoms with Crippen molar-refractivity contribution in [3.8, 4) is 0 Å². The van der Waals surface area contributed by atoms with Crippen molar-refractivity contribution in [1.82, 2.24) is 4.90 Å². The van der Waals surface area contributed by atoms with E-state index in [-0.39, 0.29) is 0 Å². The van der Waals surface area contributed by atoms with Gasteiger partial charge < -0.3 is 0 Å². The topological polar surface area (TPSA) is 20.3 Å². The fourth-order valence-electron chi connectivity index (χ4n) is 1.90. The Morgan fingerprint density at radius 1 is 1.15 bits per heavy atom. The van der Waals surface area contributed by atoms with Gasteiger partial charge in [-0.15, -0.1) is 0 Å². The second-order valence-electron chi connectivity index (χ2n) is 3.98. The Hall–Kier alpha value is -0.370. The summed E-state index contributed by atoms with van der Waals surface area (Å²) in [6.07, 6.45) is 7.00. The zero-order valence-electron chi connectivity index (χ0n) is 8.72. The predicted octanol–water partition coefficient (Wildman–Crippen LogP) is 2.23. The summed E-state index contributed by atoms with van der Waals surface area (Å²) in [5.74, 6) is 0.421. The van der Waals surface area contributed by atoms with Crippen LogP contribution in [0.25, 0.3) is 0 Å². The number of hydrogen-bond donors (Lipinski definition) is 0. The largest absolute Gasteiger partial charge is 0.298 e. The van der Waals surface area contributed by atoms with E-state index in [1.54, 1.807) is 0 Å². The van der Waals surface area contributed by atoms with Gasteiger partial charge >= 0.3 is 0 Å². The van der Waals surface area contributed by atoms with Crippen LogP contribution in [0, 0.1) is 0 Å². The molecule has 0 N–H and O–H groups in total. The van der Waals surface area contributed by atoms with Crippen molar-refractivity contribution >= 4 is 5.78 Å². The first kappa shape index (κ1) is 10.7. The van der Waals surface area contributed by atoms with Gasteiger partial charge in [-0.3, -0.25) is 9.69 Å². The number of nitrogens with zero attached hydrogens (tertiary/aromatic N) is 1. The number of hydrogen-bond acceptors (Lipinski definition) is 2. The first-order chi connectivity index (χ1) is 6.33. The zero-order valence-corrected chi connectivity index (χ0v) is 8.72. The van der Waals surface area contributed by atoms with E-state index in [2.05, 4.69) is 11.8 Å². The molecule has 0 spiro atoms. The maximum Gasteiger partial charge on any atom is 0.146 e. The molecule has 0 aliphatic carbocycles. The van der Waals surface area contributed by atoms with Crippen LogP contribution in [0.4, 0.5) is 0 Å². The molecule has 1 saturated heterocycles. The third-order valence-electron chi connectivity index (χ3n) is 2.63. The maximum atomic E-state index is 11.4. The lowest BCUT2D eigenvalue weighted by Crippen LogP contribution is -2.30. The summed E-state index contributed by atoms with van der Waals surface area (Å²) in [5, 5.41) is 0. The minimum Gasteiger partial charge on any atom is -0.298 e. The Labute approximate surface area is 81.3 Å². The fourth-order valence-corrected chi connectivity index (χ4v) is 1.90. The van der Waals surface area contributed by atoms with Crippen molar-refractivity contribution < 1.29 is 4.79 Å². The first-order valence-electron chi connectivity index (χ1n) is 5.57. The third-order valence-corrected chi connectivity index (χ3v) is 2.63. The molecule has 0 aromatic carbocycles. The molecule has 0 aromatic heterocycles. The van der Waals surface area contributed by atoms with E-state index in [4.69, 9.17) is 0 Å². The van der Waals surface area contributed by atoms with E-state index in [9.17, 15) is 4.79 Å². The summed E-state index contributed by atoms with van der Waals surface area (Å²) in [4.78, 5) is 13.7.